The second-order valence-corrected chi connectivity index (χ2v) is 5.60. The first-order valence-corrected chi connectivity index (χ1v) is 7.93. The van der Waals surface area contributed by atoms with Crippen molar-refractivity contribution in [3.8, 4) is 0 Å². The molecular weight excluding hydrogens is 395 g/mol. The molecule has 0 aromatic heterocycles. The Bertz CT molecular complexity index is 334. The van der Waals surface area contributed by atoms with Crippen molar-refractivity contribution < 1.29 is 9.53 Å². The number of halogens is 1. The lowest BCUT2D eigenvalue weighted by molar-refractivity contribution is -0.128. The highest BCUT2D eigenvalue weighted by molar-refractivity contribution is 14.0. The van der Waals surface area contributed by atoms with Crippen molar-refractivity contribution in [2.24, 2.45) is 10.9 Å². The van der Waals surface area contributed by atoms with E-state index in [1.54, 1.807) is 19.0 Å². The Hall–Kier alpha value is -0.570. The molecule has 1 amide bonds. The largest absolute Gasteiger partial charge is 0.381 e. The van der Waals surface area contributed by atoms with E-state index in [-0.39, 0.29) is 29.9 Å². The van der Waals surface area contributed by atoms with Crippen molar-refractivity contribution >= 4 is 35.8 Å². The van der Waals surface area contributed by atoms with Crippen LogP contribution < -0.4 is 10.6 Å². The fraction of sp³-hybridized carbons (Fsp3) is 0.867. The number of rotatable bonds is 10. The topological polar surface area (TPSA) is 66.0 Å². The Morgan fingerprint density at radius 1 is 1.32 bits per heavy atom. The van der Waals surface area contributed by atoms with Gasteiger partial charge in [-0.25, -0.2) is 0 Å². The summed E-state index contributed by atoms with van der Waals surface area (Å²) in [5, 5.41) is 6.35. The maximum absolute atomic E-state index is 11.5. The molecule has 0 bridgehead atoms. The van der Waals surface area contributed by atoms with Gasteiger partial charge in [-0.1, -0.05) is 0 Å². The summed E-state index contributed by atoms with van der Waals surface area (Å²) >= 11 is 0. The minimum Gasteiger partial charge on any atom is -0.381 e. The molecule has 0 saturated heterocycles. The number of carbonyl (C=O) groups is 1. The van der Waals surface area contributed by atoms with Gasteiger partial charge in [-0.2, -0.15) is 0 Å². The lowest BCUT2D eigenvalue weighted by Crippen LogP contribution is -2.39. The van der Waals surface area contributed by atoms with Gasteiger partial charge in [-0.3, -0.25) is 9.79 Å². The molecule has 0 unspecified atom stereocenters. The third-order valence-electron chi connectivity index (χ3n) is 3.24. The van der Waals surface area contributed by atoms with Crippen molar-refractivity contribution in [2.45, 2.75) is 32.6 Å². The molecular formula is C15H31IN4O2. The molecule has 1 rings (SSSR count). The van der Waals surface area contributed by atoms with Gasteiger partial charge in [0.15, 0.2) is 5.96 Å². The maximum atomic E-state index is 11.5. The number of amides is 1. The highest BCUT2D eigenvalue weighted by Crippen LogP contribution is 2.28. The minimum absolute atomic E-state index is 0. The van der Waals surface area contributed by atoms with Gasteiger partial charge < -0.3 is 20.3 Å². The molecule has 1 saturated carbocycles. The van der Waals surface area contributed by atoms with Gasteiger partial charge in [0.25, 0.3) is 0 Å². The fourth-order valence-electron chi connectivity index (χ4n) is 1.75. The number of aliphatic imine (C=N–C) groups is 1. The van der Waals surface area contributed by atoms with Crippen LogP contribution in [0.15, 0.2) is 4.99 Å². The summed E-state index contributed by atoms with van der Waals surface area (Å²) in [5.41, 5.74) is 0. The van der Waals surface area contributed by atoms with E-state index < -0.39 is 0 Å². The van der Waals surface area contributed by atoms with Crippen molar-refractivity contribution in [3.05, 3.63) is 0 Å². The minimum atomic E-state index is 0. The molecule has 6 nitrogen and oxygen atoms in total. The van der Waals surface area contributed by atoms with Crippen LogP contribution in [-0.4, -0.2) is 63.7 Å². The van der Waals surface area contributed by atoms with Gasteiger partial charge in [0.05, 0.1) is 0 Å². The molecule has 1 aliphatic rings. The number of hydrogen-bond acceptors (Lipinski definition) is 3. The summed E-state index contributed by atoms with van der Waals surface area (Å²) in [7, 11) is 3.53. The summed E-state index contributed by atoms with van der Waals surface area (Å²) in [4.78, 5) is 17.6. The number of nitrogens with zero attached hydrogens (tertiary/aromatic N) is 2. The van der Waals surface area contributed by atoms with Gasteiger partial charge in [0.1, 0.15) is 0 Å². The first-order valence-electron chi connectivity index (χ1n) is 7.93. The maximum Gasteiger partial charge on any atom is 0.223 e. The third-order valence-corrected chi connectivity index (χ3v) is 3.24. The zero-order valence-electron chi connectivity index (χ0n) is 14.1. The van der Waals surface area contributed by atoms with E-state index in [1.807, 2.05) is 6.92 Å². The zero-order valence-corrected chi connectivity index (χ0v) is 16.4. The highest BCUT2D eigenvalue weighted by Gasteiger charge is 2.20. The molecule has 0 aliphatic heterocycles. The van der Waals surface area contributed by atoms with Crippen molar-refractivity contribution in [1.29, 1.82) is 0 Å². The first kappa shape index (κ1) is 21.4. The van der Waals surface area contributed by atoms with Crippen LogP contribution in [0.3, 0.4) is 0 Å². The fourth-order valence-corrected chi connectivity index (χ4v) is 1.75. The molecule has 22 heavy (non-hydrogen) atoms. The van der Waals surface area contributed by atoms with Gasteiger partial charge >= 0.3 is 0 Å². The van der Waals surface area contributed by atoms with Crippen LogP contribution >= 0.6 is 24.0 Å². The Kier molecular flexibility index (Phi) is 12.6. The number of carbonyl (C=O) groups excluding carboxylic acids is 1. The van der Waals surface area contributed by atoms with E-state index in [1.165, 1.54) is 12.8 Å². The average molecular weight is 426 g/mol. The van der Waals surface area contributed by atoms with Crippen molar-refractivity contribution in [2.75, 3.05) is 46.9 Å². The van der Waals surface area contributed by atoms with Crippen LogP contribution in [0.1, 0.15) is 32.6 Å². The lowest BCUT2D eigenvalue weighted by Gasteiger charge is -2.13. The average Bonchev–Trinajstić information content (AvgIpc) is 3.26. The van der Waals surface area contributed by atoms with E-state index >= 15 is 0 Å². The number of hydrogen-bond donors (Lipinski definition) is 2. The Labute approximate surface area is 151 Å². The number of ether oxygens (including phenoxy) is 1. The molecule has 0 aromatic carbocycles. The molecule has 130 valence electrons. The summed E-state index contributed by atoms with van der Waals surface area (Å²) in [6.45, 7) is 5.86. The summed E-state index contributed by atoms with van der Waals surface area (Å²) in [5.74, 6) is 1.71. The molecule has 0 atom stereocenters. The van der Waals surface area contributed by atoms with Crippen molar-refractivity contribution in [3.63, 3.8) is 0 Å². The van der Waals surface area contributed by atoms with Crippen LogP contribution in [-0.2, 0) is 9.53 Å². The van der Waals surface area contributed by atoms with Gasteiger partial charge in [0, 0.05) is 53.4 Å². The van der Waals surface area contributed by atoms with E-state index in [0.29, 0.717) is 13.0 Å². The van der Waals surface area contributed by atoms with Crippen LogP contribution in [0.2, 0.25) is 0 Å². The predicted octanol–water partition coefficient (Wildman–Crippen LogP) is 1.45. The summed E-state index contributed by atoms with van der Waals surface area (Å²) in [6.07, 6.45) is 4.07. The molecule has 1 fully saturated rings. The quantitative estimate of drug-likeness (QED) is 0.240. The molecule has 2 N–H and O–H groups in total. The molecule has 0 heterocycles. The van der Waals surface area contributed by atoms with Gasteiger partial charge in [-0.05, 0) is 32.1 Å². The molecule has 1 aliphatic carbocycles. The van der Waals surface area contributed by atoms with Crippen LogP contribution in [0.4, 0.5) is 0 Å². The van der Waals surface area contributed by atoms with E-state index in [9.17, 15) is 4.79 Å². The van der Waals surface area contributed by atoms with Crippen LogP contribution in [0.5, 0.6) is 0 Å². The van der Waals surface area contributed by atoms with E-state index in [2.05, 4.69) is 15.6 Å². The lowest BCUT2D eigenvalue weighted by atomic mass is 10.4. The van der Waals surface area contributed by atoms with Crippen molar-refractivity contribution in [1.82, 2.24) is 15.5 Å². The molecule has 7 heteroatoms. The summed E-state index contributed by atoms with van der Waals surface area (Å²) in [6, 6.07) is 0. The van der Waals surface area contributed by atoms with Gasteiger partial charge in [-0.15, -0.1) is 24.0 Å². The predicted molar refractivity (Wildman–Crippen MR) is 101 cm³/mol. The Balaban J connectivity index is 0.00000441. The standard InChI is InChI=1S/C15H30N4O2.HI/c1-4-16-15(18-10-8-14(20)19(2)3)17-9-5-11-21-12-13-6-7-13;/h13H,4-12H2,1-3H3,(H2,16,17,18);1H. The molecule has 0 spiro atoms. The Morgan fingerprint density at radius 2 is 2.05 bits per heavy atom. The zero-order chi connectivity index (χ0) is 15.5. The number of nitrogens with one attached hydrogen (secondary N) is 2. The van der Waals surface area contributed by atoms with Crippen LogP contribution in [0.25, 0.3) is 0 Å². The molecule has 0 aromatic rings. The first-order chi connectivity index (χ1) is 10.1. The highest BCUT2D eigenvalue weighted by atomic mass is 127. The van der Waals surface area contributed by atoms with E-state index in [4.69, 9.17) is 4.74 Å². The summed E-state index contributed by atoms with van der Waals surface area (Å²) < 4.78 is 5.58. The third kappa shape index (κ3) is 11.1. The monoisotopic (exact) mass is 426 g/mol. The van der Waals surface area contributed by atoms with Gasteiger partial charge in [0.2, 0.25) is 5.91 Å². The number of guanidine groups is 1. The smallest absolute Gasteiger partial charge is 0.223 e. The second kappa shape index (κ2) is 12.9. The van der Waals surface area contributed by atoms with Crippen LogP contribution in [0, 0.1) is 5.92 Å². The Morgan fingerprint density at radius 3 is 2.64 bits per heavy atom. The SMILES string of the molecule is CCNC(=NCCCOCC1CC1)NCCC(=O)N(C)C.I. The molecule has 0 radical (unpaired) electrons. The normalized spacial score (nSPS) is 14.2. The van der Waals surface area contributed by atoms with E-state index in [0.717, 1.165) is 44.6 Å². The second-order valence-electron chi connectivity index (χ2n) is 5.60.